The minimum atomic E-state index is -0.587. The van der Waals surface area contributed by atoms with Crippen molar-refractivity contribution in [3.8, 4) is 0 Å². The molecule has 1 saturated carbocycles. The van der Waals surface area contributed by atoms with E-state index in [1.165, 1.54) is 82.6 Å². The Morgan fingerprint density at radius 3 is 1.88 bits per heavy atom. The summed E-state index contributed by atoms with van der Waals surface area (Å²) < 4.78 is 0. The molecule has 3 fully saturated rings. The van der Waals surface area contributed by atoms with Crippen molar-refractivity contribution in [3.05, 3.63) is 71.3 Å². The Kier molecular flexibility index (Phi) is 14.5. The molecule has 3 aliphatic rings. The Balaban J connectivity index is 0.945. The smallest absolute Gasteiger partial charge is 0.253 e. The molecule has 2 aromatic rings. The van der Waals surface area contributed by atoms with Crippen molar-refractivity contribution >= 4 is 17.7 Å². The van der Waals surface area contributed by atoms with E-state index in [0.717, 1.165) is 19.4 Å². The molecule has 0 spiro atoms. The molecule has 3 amide bonds. The van der Waals surface area contributed by atoms with Crippen molar-refractivity contribution in [3.63, 3.8) is 0 Å². The van der Waals surface area contributed by atoms with Crippen LogP contribution in [0, 0.1) is 5.92 Å². The summed E-state index contributed by atoms with van der Waals surface area (Å²) in [7, 11) is 0. The number of benzene rings is 2. The Hall–Kier alpha value is -3.23. The summed E-state index contributed by atoms with van der Waals surface area (Å²) in [5, 5.41) is 17.3. The predicted octanol–water partition coefficient (Wildman–Crippen LogP) is 6.69. The van der Waals surface area contributed by atoms with E-state index in [1.54, 1.807) is 34.1 Å². The topological polar surface area (TPSA) is 102 Å². The quantitative estimate of drug-likeness (QED) is 0.136. The molecular formula is C41H60N4O4. The number of aliphatic hydroxyl groups excluding tert-OH is 1. The second-order valence-corrected chi connectivity index (χ2v) is 14.8. The number of unbranched alkanes of at least 4 members (excludes halogenated alkanes) is 12. The summed E-state index contributed by atoms with van der Waals surface area (Å²) in [6.07, 6.45) is 18.2. The Labute approximate surface area is 294 Å². The highest BCUT2D eigenvalue weighted by molar-refractivity contribution is 5.98. The van der Waals surface area contributed by atoms with Gasteiger partial charge in [0.15, 0.2) is 0 Å². The van der Waals surface area contributed by atoms with Gasteiger partial charge in [-0.25, -0.2) is 0 Å². The molecule has 2 aliphatic heterocycles. The molecule has 1 unspecified atom stereocenters. The first-order chi connectivity index (χ1) is 23.9. The predicted molar refractivity (Wildman–Crippen MR) is 196 cm³/mol. The van der Waals surface area contributed by atoms with Gasteiger partial charge in [-0.1, -0.05) is 114 Å². The molecule has 8 nitrogen and oxygen atoms in total. The van der Waals surface area contributed by atoms with E-state index >= 15 is 0 Å². The second kappa shape index (κ2) is 19.2. The van der Waals surface area contributed by atoms with Crippen LogP contribution in [0.5, 0.6) is 0 Å². The van der Waals surface area contributed by atoms with E-state index in [1.807, 2.05) is 18.2 Å². The molecule has 2 heterocycles. The summed E-state index contributed by atoms with van der Waals surface area (Å²) in [4.78, 5) is 42.9. The molecule has 0 aromatic heterocycles. The number of amides is 3. The SMILES string of the molecule is CCCCCCCCCCCCCCCN[C@H]1CN(C(=O)c2ccc(C(=O)N3CC[C@H](C(=O)NC4C[C@@H]4c4ccccc4)C3)cc2)C[C@@H]1O. The third-order valence-corrected chi connectivity index (χ3v) is 10.8. The summed E-state index contributed by atoms with van der Waals surface area (Å²) in [5.74, 6) is -0.0310. The zero-order chi connectivity index (χ0) is 34.4. The maximum atomic E-state index is 13.2. The van der Waals surface area contributed by atoms with Gasteiger partial charge in [0, 0.05) is 49.3 Å². The van der Waals surface area contributed by atoms with Gasteiger partial charge in [-0.3, -0.25) is 14.4 Å². The molecule has 49 heavy (non-hydrogen) atoms. The molecule has 1 aliphatic carbocycles. The number of nitrogens with zero attached hydrogens (tertiary/aromatic N) is 2. The number of carbonyl (C=O) groups is 3. The highest BCUT2D eigenvalue weighted by Crippen LogP contribution is 2.41. The van der Waals surface area contributed by atoms with Gasteiger partial charge in [0.25, 0.3) is 11.8 Å². The van der Waals surface area contributed by atoms with E-state index in [2.05, 4.69) is 29.7 Å². The first kappa shape index (κ1) is 37.0. The highest BCUT2D eigenvalue weighted by atomic mass is 16.3. The lowest BCUT2D eigenvalue weighted by atomic mass is 10.0. The van der Waals surface area contributed by atoms with Crippen LogP contribution < -0.4 is 10.6 Å². The maximum Gasteiger partial charge on any atom is 0.253 e. The molecule has 2 aromatic carbocycles. The minimum absolute atomic E-state index is 0.0321. The normalized spacial score (nSPS) is 23.2. The molecule has 0 bridgehead atoms. The van der Waals surface area contributed by atoms with E-state index in [-0.39, 0.29) is 35.7 Å². The lowest BCUT2D eigenvalue weighted by Crippen LogP contribution is -2.39. The number of aliphatic hydroxyl groups is 1. The van der Waals surface area contributed by atoms with Gasteiger partial charge in [-0.15, -0.1) is 0 Å². The van der Waals surface area contributed by atoms with Crippen molar-refractivity contribution in [1.29, 1.82) is 0 Å². The van der Waals surface area contributed by atoms with Crippen LogP contribution in [0.1, 0.15) is 135 Å². The fraction of sp³-hybridized carbons (Fsp3) is 0.634. The van der Waals surface area contributed by atoms with E-state index in [0.29, 0.717) is 49.6 Å². The third-order valence-electron chi connectivity index (χ3n) is 10.8. The Morgan fingerprint density at radius 2 is 1.27 bits per heavy atom. The number of hydrogen-bond donors (Lipinski definition) is 3. The van der Waals surface area contributed by atoms with Crippen molar-refractivity contribution in [1.82, 2.24) is 20.4 Å². The van der Waals surface area contributed by atoms with Crippen LogP contribution in [0.25, 0.3) is 0 Å². The maximum absolute atomic E-state index is 13.2. The monoisotopic (exact) mass is 672 g/mol. The number of β-amino-alcohol motifs (C(OH)–C–C–N with tert-alkyl or cyclic N) is 1. The van der Waals surface area contributed by atoms with Crippen molar-refractivity contribution < 1.29 is 19.5 Å². The molecule has 3 N–H and O–H groups in total. The third kappa shape index (κ3) is 11.1. The average molecular weight is 673 g/mol. The van der Waals surface area contributed by atoms with Crippen LogP contribution in [0.15, 0.2) is 54.6 Å². The Morgan fingerprint density at radius 1 is 0.694 bits per heavy atom. The van der Waals surface area contributed by atoms with Gasteiger partial charge < -0.3 is 25.5 Å². The number of carbonyl (C=O) groups excluding carboxylic acids is 3. The van der Waals surface area contributed by atoms with Crippen molar-refractivity contribution in [2.75, 3.05) is 32.7 Å². The fourth-order valence-electron chi connectivity index (χ4n) is 7.59. The molecule has 5 atom stereocenters. The number of hydrogen-bond acceptors (Lipinski definition) is 5. The average Bonchev–Trinajstić information content (AvgIpc) is 3.52. The van der Waals surface area contributed by atoms with Crippen LogP contribution in [0.2, 0.25) is 0 Å². The summed E-state index contributed by atoms with van der Waals surface area (Å²) in [6.45, 7) is 4.86. The van der Waals surface area contributed by atoms with Gasteiger partial charge in [0.2, 0.25) is 5.91 Å². The lowest BCUT2D eigenvalue weighted by molar-refractivity contribution is -0.124. The first-order valence-corrected chi connectivity index (χ1v) is 19.4. The molecule has 268 valence electrons. The zero-order valence-electron chi connectivity index (χ0n) is 29.8. The van der Waals surface area contributed by atoms with E-state index in [4.69, 9.17) is 0 Å². The van der Waals surface area contributed by atoms with Crippen LogP contribution in [-0.2, 0) is 4.79 Å². The van der Waals surface area contributed by atoms with Gasteiger partial charge >= 0.3 is 0 Å². The van der Waals surface area contributed by atoms with Gasteiger partial charge in [-0.2, -0.15) is 0 Å². The van der Waals surface area contributed by atoms with Crippen molar-refractivity contribution in [2.45, 2.75) is 127 Å². The van der Waals surface area contributed by atoms with Crippen LogP contribution >= 0.6 is 0 Å². The number of likely N-dealkylation sites (tertiary alicyclic amines) is 2. The molecular weight excluding hydrogens is 612 g/mol. The molecule has 2 saturated heterocycles. The molecule has 8 heteroatoms. The summed E-state index contributed by atoms with van der Waals surface area (Å²) in [5.41, 5.74) is 2.29. The van der Waals surface area contributed by atoms with Gasteiger partial charge in [0.05, 0.1) is 18.1 Å². The highest BCUT2D eigenvalue weighted by Gasteiger charge is 2.41. The zero-order valence-corrected chi connectivity index (χ0v) is 29.8. The summed E-state index contributed by atoms with van der Waals surface area (Å²) in [6, 6.07) is 17.1. The molecule has 0 radical (unpaired) electrons. The van der Waals surface area contributed by atoms with Crippen molar-refractivity contribution in [2.24, 2.45) is 5.92 Å². The standard InChI is InChI=1S/C41H60N4O4/c1-2-3-4-5-6-7-8-9-10-11-12-13-17-25-42-37-29-45(30-38(37)46)41(49)33-22-20-32(21-23-33)40(48)44-26-24-34(28-44)39(47)43-36-27-35(36)31-18-15-14-16-19-31/h14-16,18-23,34-38,42,46H,2-13,17,24-30H2,1H3,(H,43,47)/t34-,35+,36?,37-,38-/m0/s1. The van der Waals surface area contributed by atoms with E-state index in [9.17, 15) is 19.5 Å². The molecule has 5 rings (SSSR count). The van der Waals surface area contributed by atoms with Gasteiger partial charge in [0.1, 0.15) is 0 Å². The fourth-order valence-corrected chi connectivity index (χ4v) is 7.59. The number of rotatable bonds is 20. The van der Waals surface area contributed by atoms with Gasteiger partial charge in [-0.05, 0) is 55.6 Å². The van der Waals surface area contributed by atoms with Crippen LogP contribution in [0.3, 0.4) is 0 Å². The summed E-state index contributed by atoms with van der Waals surface area (Å²) >= 11 is 0. The second-order valence-electron chi connectivity index (χ2n) is 14.8. The van der Waals surface area contributed by atoms with Crippen LogP contribution in [0.4, 0.5) is 0 Å². The number of nitrogens with one attached hydrogen (secondary N) is 2. The first-order valence-electron chi connectivity index (χ1n) is 19.4. The lowest BCUT2D eigenvalue weighted by Gasteiger charge is -2.18. The van der Waals surface area contributed by atoms with Crippen LogP contribution in [-0.4, -0.2) is 83.5 Å². The largest absolute Gasteiger partial charge is 0.390 e. The van der Waals surface area contributed by atoms with E-state index < -0.39 is 6.10 Å². The Bertz CT molecular complexity index is 1320. The minimum Gasteiger partial charge on any atom is -0.390 e.